The largest absolute Gasteiger partial charge is 0.144 e. The highest BCUT2D eigenvalue weighted by atomic mass is 32.1. The van der Waals surface area contributed by atoms with Gasteiger partial charge in [0.05, 0.1) is 0 Å². The van der Waals surface area contributed by atoms with Gasteiger partial charge in [0.2, 0.25) is 0 Å². The third-order valence-corrected chi connectivity index (χ3v) is 6.66. The average Bonchev–Trinajstić information content (AvgIpc) is 3.38. The second-order valence-electron chi connectivity index (χ2n) is 6.28. The molecular weight excluding hydrogens is 352 g/mol. The van der Waals surface area contributed by atoms with Crippen molar-refractivity contribution < 1.29 is 0 Å². The van der Waals surface area contributed by atoms with Crippen molar-refractivity contribution in [2.24, 2.45) is 0 Å². The Labute approximate surface area is 161 Å². The van der Waals surface area contributed by atoms with Gasteiger partial charge in [-0.15, -0.1) is 22.7 Å². The van der Waals surface area contributed by atoms with Gasteiger partial charge < -0.3 is 0 Å². The van der Waals surface area contributed by atoms with E-state index >= 15 is 0 Å². The lowest BCUT2D eigenvalue weighted by Gasteiger charge is -2.05. The van der Waals surface area contributed by atoms with Gasteiger partial charge in [-0.2, -0.15) is 0 Å². The number of fused-ring (bicyclic) bond motifs is 1. The van der Waals surface area contributed by atoms with Gasteiger partial charge >= 0.3 is 0 Å². The van der Waals surface area contributed by atoms with Gasteiger partial charge in [0.1, 0.15) is 0 Å². The molecule has 0 aliphatic carbocycles. The van der Waals surface area contributed by atoms with Crippen molar-refractivity contribution in [1.29, 1.82) is 0 Å². The second kappa shape index (κ2) is 6.56. The van der Waals surface area contributed by atoms with Crippen LogP contribution in [0.25, 0.3) is 42.1 Å². The maximum atomic E-state index is 2.30. The van der Waals surface area contributed by atoms with Crippen LogP contribution in [0, 0.1) is 0 Å². The predicted octanol–water partition coefficient (Wildman–Crippen LogP) is 7.96. The maximum Gasteiger partial charge on any atom is 0.0349 e. The zero-order valence-corrected chi connectivity index (χ0v) is 15.7. The predicted molar refractivity (Wildman–Crippen MR) is 116 cm³/mol. The Bertz CT molecular complexity index is 1180. The van der Waals surface area contributed by atoms with Crippen LogP contribution in [0.15, 0.2) is 96.4 Å². The number of hydrogen-bond donors (Lipinski definition) is 0. The molecule has 0 radical (unpaired) electrons. The molecule has 0 saturated carbocycles. The van der Waals surface area contributed by atoms with Crippen LogP contribution < -0.4 is 0 Å². The van der Waals surface area contributed by atoms with E-state index in [1.165, 1.54) is 42.1 Å². The minimum atomic E-state index is 1.27. The van der Waals surface area contributed by atoms with Gasteiger partial charge in [-0.25, -0.2) is 0 Å². The van der Waals surface area contributed by atoms with E-state index in [0.717, 1.165) is 0 Å². The molecule has 0 atom stereocenters. The Morgan fingerprint density at radius 1 is 0.500 bits per heavy atom. The molecule has 0 aliphatic heterocycles. The lowest BCUT2D eigenvalue weighted by molar-refractivity contribution is 1.65. The normalized spacial score (nSPS) is 11.1. The molecule has 0 nitrogen and oxygen atoms in total. The first-order chi connectivity index (χ1) is 12.9. The summed E-state index contributed by atoms with van der Waals surface area (Å²) in [6.45, 7) is 0. The van der Waals surface area contributed by atoms with E-state index in [9.17, 15) is 0 Å². The molecule has 0 N–H and O–H groups in total. The molecule has 124 valence electrons. The highest BCUT2D eigenvalue weighted by Crippen LogP contribution is 2.36. The van der Waals surface area contributed by atoms with Gasteiger partial charge in [-0.1, -0.05) is 60.7 Å². The van der Waals surface area contributed by atoms with Crippen molar-refractivity contribution in [3.8, 4) is 32.0 Å². The molecule has 0 aliphatic rings. The van der Waals surface area contributed by atoms with Gasteiger partial charge in [0, 0.05) is 14.5 Å². The number of rotatable bonds is 3. The van der Waals surface area contributed by atoms with Crippen molar-refractivity contribution in [2.75, 3.05) is 0 Å². The molecule has 5 rings (SSSR count). The maximum absolute atomic E-state index is 2.30. The van der Waals surface area contributed by atoms with E-state index in [-0.39, 0.29) is 0 Å². The van der Waals surface area contributed by atoms with Crippen molar-refractivity contribution >= 4 is 32.8 Å². The zero-order chi connectivity index (χ0) is 17.3. The number of thiophene rings is 2. The lowest BCUT2D eigenvalue weighted by atomic mass is 10.0. The summed E-state index contributed by atoms with van der Waals surface area (Å²) in [5, 5.41) is 3.47. The van der Waals surface area contributed by atoms with Crippen molar-refractivity contribution in [2.45, 2.75) is 0 Å². The number of hydrogen-bond acceptors (Lipinski definition) is 2. The molecule has 0 bridgehead atoms. The molecule has 0 fully saturated rings. The van der Waals surface area contributed by atoms with Crippen LogP contribution in [-0.4, -0.2) is 0 Å². The Hall–Kier alpha value is -2.68. The monoisotopic (exact) mass is 368 g/mol. The molecule has 2 heterocycles. The average molecular weight is 369 g/mol. The molecule has 3 aromatic carbocycles. The van der Waals surface area contributed by atoms with Crippen LogP contribution in [0.3, 0.4) is 0 Å². The lowest BCUT2D eigenvalue weighted by Crippen LogP contribution is -1.79. The summed E-state index contributed by atoms with van der Waals surface area (Å²) in [6, 6.07) is 32.8. The summed E-state index contributed by atoms with van der Waals surface area (Å²) < 4.78 is 1.34. The summed E-state index contributed by atoms with van der Waals surface area (Å²) in [7, 11) is 0. The first-order valence-corrected chi connectivity index (χ1v) is 10.3. The Balaban J connectivity index is 1.53. The Kier molecular flexibility index (Phi) is 3.93. The molecule has 2 aromatic heterocycles. The molecule has 0 amide bonds. The third-order valence-electron chi connectivity index (χ3n) is 4.60. The molecule has 26 heavy (non-hydrogen) atoms. The van der Waals surface area contributed by atoms with Crippen LogP contribution in [0.5, 0.6) is 0 Å². The van der Waals surface area contributed by atoms with Gasteiger partial charge in [0.15, 0.2) is 0 Å². The summed E-state index contributed by atoms with van der Waals surface area (Å²) in [5.41, 5.74) is 5.11. The van der Waals surface area contributed by atoms with Crippen LogP contribution in [0.2, 0.25) is 0 Å². The van der Waals surface area contributed by atoms with Gasteiger partial charge in [0.25, 0.3) is 0 Å². The topological polar surface area (TPSA) is 0 Å². The van der Waals surface area contributed by atoms with Crippen LogP contribution in [0.1, 0.15) is 0 Å². The Morgan fingerprint density at radius 2 is 1.23 bits per heavy atom. The minimum Gasteiger partial charge on any atom is -0.144 e. The quantitative estimate of drug-likeness (QED) is 0.303. The summed E-state index contributed by atoms with van der Waals surface area (Å²) in [5.74, 6) is 0. The first kappa shape index (κ1) is 15.6. The van der Waals surface area contributed by atoms with E-state index < -0.39 is 0 Å². The van der Waals surface area contributed by atoms with Crippen LogP contribution in [-0.2, 0) is 0 Å². The van der Waals surface area contributed by atoms with Gasteiger partial charge in [-0.05, 0) is 63.4 Å². The first-order valence-electron chi connectivity index (χ1n) is 8.60. The summed E-state index contributed by atoms with van der Waals surface area (Å²) in [4.78, 5) is 2.62. The van der Waals surface area contributed by atoms with E-state index in [4.69, 9.17) is 0 Å². The summed E-state index contributed by atoms with van der Waals surface area (Å²) >= 11 is 3.65. The molecule has 5 aromatic rings. The fourth-order valence-corrected chi connectivity index (χ4v) is 5.07. The van der Waals surface area contributed by atoms with Crippen LogP contribution >= 0.6 is 22.7 Å². The van der Waals surface area contributed by atoms with Crippen molar-refractivity contribution in [1.82, 2.24) is 0 Å². The van der Waals surface area contributed by atoms with E-state index in [1.807, 2.05) is 11.3 Å². The fourth-order valence-electron chi connectivity index (χ4n) is 3.24. The minimum absolute atomic E-state index is 1.27. The standard InChI is InChI=1S/C24H16S2/c1-2-5-17(6-3-1)22-11-12-23(26-22)21-8-4-7-19(15-21)20-10-9-18-13-14-25-24(18)16-20/h1-16H. The van der Waals surface area contributed by atoms with E-state index in [1.54, 1.807) is 11.3 Å². The highest BCUT2D eigenvalue weighted by Gasteiger charge is 2.07. The molecular formula is C24H16S2. The van der Waals surface area contributed by atoms with Gasteiger partial charge in [-0.3, -0.25) is 0 Å². The Morgan fingerprint density at radius 3 is 2.12 bits per heavy atom. The molecule has 0 spiro atoms. The molecule has 0 saturated heterocycles. The van der Waals surface area contributed by atoms with E-state index in [2.05, 4.69) is 96.4 Å². The highest BCUT2D eigenvalue weighted by molar-refractivity contribution is 7.18. The SMILES string of the molecule is c1ccc(-c2ccc(-c3cccc(-c4ccc5ccsc5c4)c3)s2)cc1. The number of benzene rings is 3. The fraction of sp³-hybridized carbons (Fsp3) is 0. The molecule has 0 unspecified atom stereocenters. The smallest absolute Gasteiger partial charge is 0.0349 e. The van der Waals surface area contributed by atoms with Crippen LogP contribution in [0.4, 0.5) is 0 Å². The zero-order valence-electron chi connectivity index (χ0n) is 14.1. The summed E-state index contributed by atoms with van der Waals surface area (Å²) in [6.07, 6.45) is 0. The van der Waals surface area contributed by atoms with Crippen molar-refractivity contribution in [3.63, 3.8) is 0 Å². The molecule has 2 heteroatoms. The van der Waals surface area contributed by atoms with E-state index in [0.29, 0.717) is 0 Å². The van der Waals surface area contributed by atoms with Crippen molar-refractivity contribution in [3.05, 3.63) is 96.4 Å². The second-order valence-corrected chi connectivity index (χ2v) is 8.32. The third kappa shape index (κ3) is 2.88.